The van der Waals surface area contributed by atoms with Crippen LogP contribution in [-0.2, 0) is 20.9 Å². The second-order valence-corrected chi connectivity index (χ2v) is 12.4. The predicted molar refractivity (Wildman–Crippen MR) is 163 cm³/mol. The molecule has 2 amide bonds. The number of hydrogen-bond donors (Lipinski definition) is 1. The summed E-state index contributed by atoms with van der Waals surface area (Å²) in [7, 11) is 0. The predicted octanol–water partition coefficient (Wildman–Crippen LogP) is 5.20. The fourth-order valence-electron chi connectivity index (χ4n) is 5.52. The number of thioether (sulfide) groups is 1. The molecule has 3 unspecified atom stereocenters. The van der Waals surface area contributed by atoms with Gasteiger partial charge in [-0.2, -0.15) is 0 Å². The topological polar surface area (TPSA) is 149 Å². The Morgan fingerprint density at radius 3 is 2.50 bits per heavy atom. The number of aryl methyl sites for hydroxylation is 1. The van der Waals surface area contributed by atoms with Gasteiger partial charge in [-0.1, -0.05) is 47.4 Å². The van der Waals surface area contributed by atoms with Crippen molar-refractivity contribution < 1.29 is 28.8 Å². The van der Waals surface area contributed by atoms with Crippen molar-refractivity contribution in [1.82, 2.24) is 4.98 Å². The molecule has 13 heteroatoms. The van der Waals surface area contributed by atoms with E-state index in [1.807, 2.05) is 31.2 Å². The molecule has 4 aromatic rings. The van der Waals surface area contributed by atoms with Crippen LogP contribution in [-0.4, -0.2) is 39.5 Å². The summed E-state index contributed by atoms with van der Waals surface area (Å²) in [6.07, 6.45) is 0. The molecule has 6 rings (SSSR count). The van der Waals surface area contributed by atoms with Crippen molar-refractivity contribution in [3.63, 3.8) is 0 Å². The van der Waals surface area contributed by atoms with Crippen LogP contribution in [0.3, 0.4) is 0 Å². The molecule has 0 bridgehead atoms. The summed E-state index contributed by atoms with van der Waals surface area (Å²) in [5, 5.41) is 11.4. The number of carbonyl (C=O) groups excluding carboxylic acids is 3. The molecule has 224 valence electrons. The van der Waals surface area contributed by atoms with E-state index in [4.69, 9.17) is 9.47 Å². The molecule has 3 atom stereocenters. The van der Waals surface area contributed by atoms with E-state index in [9.17, 15) is 29.3 Å². The van der Waals surface area contributed by atoms with E-state index >= 15 is 0 Å². The Hall–Kier alpha value is -4.75. The van der Waals surface area contributed by atoms with Crippen molar-refractivity contribution in [1.29, 1.82) is 0 Å². The number of fused-ring (bicyclic) bond motifs is 2. The maximum Gasteiger partial charge on any atom is 0.338 e. The zero-order chi connectivity index (χ0) is 31.1. The summed E-state index contributed by atoms with van der Waals surface area (Å²) in [4.78, 5) is 68.0. The number of nitrogens with zero attached hydrogens (tertiary/aromatic N) is 2. The summed E-state index contributed by atoms with van der Waals surface area (Å²) >= 11 is 2.00. The van der Waals surface area contributed by atoms with Gasteiger partial charge in [0.25, 0.3) is 5.69 Å². The lowest BCUT2D eigenvalue weighted by atomic mass is 9.82. The van der Waals surface area contributed by atoms with E-state index < -0.39 is 39.8 Å². The number of thiazole rings is 1. The van der Waals surface area contributed by atoms with Gasteiger partial charge in [0.05, 0.1) is 33.7 Å². The van der Waals surface area contributed by atoms with Gasteiger partial charge in [-0.3, -0.25) is 24.5 Å². The molecule has 1 N–H and O–H groups in total. The molecule has 1 aromatic heterocycles. The number of aromatic amines is 1. The van der Waals surface area contributed by atoms with Gasteiger partial charge in [0.2, 0.25) is 11.8 Å². The average molecular weight is 632 g/mol. The normalized spacial score (nSPS) is 19.0. The summed E-state index contributed by atoms with van der Waals surface area (Å²) < 4.78 is 11.3. The highest BCUT2D eigenvalue weighted by Crippen LogP contribution is 2.55. The largest absolute Gasteiger partial charge is 0.489 e. The van der Waals surface area contributed by atoms with Crippen molar-refractivity contribution in [2.45, 2.75) is 36.6 Å². The van der Waals surface area contributed by atoms with E-state index in [1.54, 1.807) is 6.92 Å². The second kappa shape index (κ2) is 11.7. The third-order valence-electron chi connectivity index (χ3n) is 7.64. The van der Waals surface area contributed by atoms with Crippen LogP contribution in [0.25, 0.3) is 0 Å². The highest BCUT2D eigenvalue weighted by atomic mass is 32.2. The quantitative estimate of drug-likeness (QED) is 0.120. The minimum atomic E-state index is -0.987. The van der Waals surface area contributed by atoms with Crippen LogP contribution in [0.1, 0.15) is 44.8 Å². The van der Waals surface area contributed by atoms with Crippen molar-refractivity contribution in [3.05, 3.63) is 114 Å². The third kappa shape index (κ3) is 5.18. The zero-order valence-corrected chi connectivity index (χ0v) is 25.1. The zero-order valence-electron chi connectivity index (χ0n) is 23.5. The number of benzene rings is 3. The number of carbonyl (C=O) groups is 3. The first-order valence-electron chi connectivity index (χ1n) is 13.7. The van der Waals surface area contributed by atoms with E-state index in [0.717, 1.165) is 39.1 Å². The van der Waals surface area contributed by atoms with Gasteiger partial charge >= 0.3 is 10.8 Å². The Bertz CT molecular complexity index is 1870. The highest BCUT2D eigenvalue weighted by molar-refractivity contribution is 8.00. The van der Waals surface area contributed by atoms with Crippen LogP contribution in [0.4, 0.5) is 11.4 Å². The maximum absolute atomic E-state index is 14.2. The molecule has 0 spiro atoms. The number of nitrogens with one attached hydrogen (secondary N) is 1. The van der Waals surface area contributed by atoms with Gasteiger partial charge in [0.15, 0.2) is 0 Å². The molecule has 44 heavy (non-hydrogen) atoms. The number of H-pyrrole nitrogens is 1. The fourth-order valence-corrected chi connectivity index (χ4v) is 8.03. The first kappa shape index (κ1) is 29.3. The van der Waals surface area contributed by atoms with Gasteiger partial charge < -0.3 is 14.5 Å². The highest BCUT2D eigenvalue weighted by Gasteiger charge is 2.57. The van der Waals surface area contributed by atoms with Crippen LogP contribution in [0, 0.1) is 23.0 Å². The van der Waals surface area contributed by atoms with E-state index in [2.05, 4.69) is 4.98 Å². The molecule has 3 aromatic carbocycles. The van der Waals surface area contributed by atoms with Crippen molar-refractivity contribution in [2.75, 3.05) is 11.5 Å². The Balaban J connectivity index is 1.43. The first-order valence-corrected chi connectivity index (χ1v) is 15.4. The number of nitro groups is 1. The Morgan fingerprint density at radius 1 is 1.05 bits per heavy atom. The molecule has 2 aliphatic heterocycles. The van der Waals surface area contributed by atoms with Crippen LogP contribution in [0.5, 0.6) is 5.75 Å². The molecule has 1 saturated heterocycles. The summed E-state index contributed by atoms with van der Waals surface area (Å²) in [5.41, 5.74) is 2.56. The molecule has 11 nitrogen and oxygen atoms in total. The summed E-state index contributed by atoms with van der Waals surface area (Å²) in [5.74, 6) is -3.11. The smallest absolute Gasteiger partial charge is 0.338 e. The standard InChI is InChI=1S/C31H25N3O8S2/c1-3-41-30(37)17-8-10-19(11-9-17)33-28(35)24-23(25-27(32-31(38)44-25)43-26(24)29(33)36)21-14-20(34(39)40)12-13-22(21)42-15-18-7-5-4-6-16(18)2/h4-14,23-24,26H,3,15H2,1-2H3,(H,32,38). The fraction of sp³-hybridized carbons (Fsp3) is 0.226. The molecule has 0 aliphatic carbocycles. The number of esters is 1. The third-order valence-corrected chi connectivity index (χ3v) is 10.0. The number of amides is 2. The van der Waals surface area contributed by atoms with Gasteiger partial charge in [0.1, 0.15) is 17.6 Å². The number of aromatic nitrogens is 1. The Labute approximate surface area is 259 Å². The number of nitro benzene ring substituents is 1. The van der Waals surface area contributed by atoms with E-state index in [-0.39, 0.29) is 35.0 Å². The molecule has 0 radical (unpaired) electrons. The minimum Gasteiger partial charge on any atom is -0.489 e. The van der Waals surface area contributed by atoms with Crippen molar-refractivity contribution in [2.24, 2.45) is 5.92 Å². The van der Waals surface area contributed by atoms with E-state index in [0.29, 0.717) is 21.2 Å². The van der Waals surface area contributed by atoms with Gasteiger partial charge in [-0.05, 0) is 55.3 Å². The maximum atomic E-state index is 14.2. The van der Waals surface area contributed by atoms with Gasteiger partial charge in [0, 0.05) is 28.5 Å². The molecule has 2 aliphatic rings. The minimum absolute atomic E-state index is 0.162. The SMILES string of the molecule is CCOC(=O)c1ccc(N2C(=O)C3Sc4[nH]c(=O)sc4C(c4cc([N+](=O)[O-])ccc4OCc4ccccc4C)C3C2=O)cc1. The first-order chi connectivity index (χ1) is 21.2. The molecule has 1 fully saturated rings. The summed E-state index contributed by atoms with van der Waals surface area (Å²) in [6.45, 7) is 4.00. The number of non-ortho nitro benzene ring substituents is 1. The lowest BCUT2D eigenvalue weighted by Gasteiger charge is -2.30. The number of rotatable bonds is 8. The van der Waals surface area contributed by atoms with Crippen LogP contribution >= 0.6 is 23.1 Å². The summed E-state index contributed by atoms with van der Waals surface area (Å²) in [6, 6.07) is 17.8. The molecule has 0 saturated carbocycles. The Kier molecular flexibility index (Phi) is 7.82. The van der Waals surface area contributed by atoms with Gasteiger partial charge in [-0.25, -0.2) is 9.69 Å². The van der Waals surface area contributed by atoms with Crippen LogP contribution < -0.4 is 14.5 Å². The number of imide groups is 1. The van der Waals surface area contributed by atoms with Crippen molar-refractivity contribution >= 4 is 52.3 Å². The van der Waals surface area contributed by atoms with Crippen molar-refractivity contribution in [3.8, 4) is 5.75 Å². The lowest BCUT2D eigenvalue weighted by molar-refractivity contribution is -0.385. The second-order valence-electron chi connectivity index (χ2n) is 10.2. The molecular formula is C31H25N3O8S2. The Morgan fingerprint density at radius 2 is 1.80 bits per heavy atom. The molecule has 3 heterocycles. The monoisotopic (exact) mass is 631 g/mol. The number of anilines is 1. The van der Waals surface area contributed by atoms with Gasteiger partial charge in [-0.15, -0.1) is 0 Å². The average Bonchev–Trinajstić information content (AvgIpc) is 3.50. The molecular weight excluding hydrogens is 606 g/mol. The number of ether oxygens (including phenoxy) is 2. The van der Waals surface area contributed by atoms with Crippen LogP contribution in [0.15, 0.2) is 76.6 Å². The number of hydrogen-bond acceptors (Lipinski definition) is 10. The van der Waals surface area contributed by atoms with E-state index in [1.165, 1.54) is 42.5 Å². The van der Waals surface area contributed by atoms with Crippen LogP contribution in [0.2, 0.25) is 0 Å². The lowest BCUT2D eigenvalue weighted by Crippen LogP contribution is -2.32.